The van der Waals surface area contributed by atoms with Crippen LogP contribution in [-0.4, -0.2) is 22.6 Å². The van der Waals surface area contributed by atoms with Gasteiger partial charge in [0.2, 0.25) is 0 Å². The number of rotatable bonds is 18. The molecule has 0 fully saturated rings. The fraction of sp³-hybridized carbons (Fsp3) is 0.553. The van der Waals surface area contributed by atoms with Crippen LogP contribution in [-0.2, 0) is 9.59 Å². The predicted octanol–water partition coefficient (Wildman–Crippen LogP) is 10.9. The first-order valence-electron chi connectivity index (χ1n) is 16.0. The van der Waals surface area contributed by atoms with Gasteiger partial charge in [-0.15, -0.1) is 11.8 Å². The molecule has 0 spiro atoms. The number of nitrogens with zero attached hydrogens (tertiary/aromatic N) is 1. The first kappa shape index (κ1) is 41.1. The molecule has 0 amide bonds. The second-order valence-corrected chi connectivity index (χ2v) is 13.4. The maximum atomic E-state index is 13.9. The lowest BCUT2D eigenvalue weighted by molar-refractivity contribution is -0.146. The van der Waals surface area contributed by atoms with E-state index < -0.39 is 16.8 Å². The molecule has 3 N–H and O–H groups in total. The number of aliphatic carboxylic acids is 1. The molecule has 0 aliphatic rings. The van der Waals surface area contributed by atoms with Gasteiger partial charge in [-0.05, 0) is 107 Å². The minimum atomic E-state index is -1.12. The van der Waals surface area contributed by atoms with Crippen LogP contribution >= 0.6 is 11.8 Å². The van der Waals surface area contributed by atoms with Gasteiger partial charge in [-0.25, -0.2) is 4.99 Å². The van der Waals surface area contributed by atoms with Crippen molar-refractivity contribution >= 4 is 29.2 Å². The number of Topliss-reactive ketones (excluding diaryl/α,β-unsaturated/α-hetero) is 1. The van der Waals surface area contributed by atoms with Crippen LogP contribution in [0.3, 0.4) is 0 Å². The zero-order chi connectivity index (χ0) is 34.4. The fourth-order valence-corrected chi connectivity index (χ4v) is 6.09. The molecule has 0 saturated heterocycles. The van der Waals surface area contributed by atoms with Crippen molar-refractivity contribution in [3.63, 3.8) is 0 Å². The summed E-state index contributed by atoms with van der Waals surface area (Å²) in [6.45, 7) is 30.3. The number of carbonyl (C=O) groups excluding carboxylic acids is 1. The van der Waals surface area contributed by atoms with Crippen LogP contribution in [0.5, 0.6) is 0 Å². The van der Waals surface area contributed by atoms with Crippen molar-refractivity contribution in [3.8, 4) is 0 Å². The largest absolute Gasteiger partial charge is 0.481 e. The molecular weight excluding hydrogens is 564 g/mol. The molecule has 6 heteroatoms. The molecule has 0 aromatic heterocycles. The maximum Gasteiger partial charge on any atom is 0.309 e. The summed E-state index contributed by atoms with van der Waals surface area (Å²) in [4.78, 5) is 31.3. The molecule has 0 bridgehead atoms. The molecule has 44 heavy (non-hydrogen) atoms. The summed E-state index contributed by atoms with van der Waals surface area (Å²) in [7, 11) is 0. The minimum absolute atomic E-state index is 0.00329. The second kappa shape index (κ2) is 18.8. The highest BCUT2D eigenvalue weighted by molar-refractivity contribution is 8.05. The van der Waals surface area contributed by atoms with Crippen molar-refractivity contribution in [3.05, 3.63) is 80.5 Å². The third kappa shape index (κ3) is 10.9. The second-order valence-electron chi connectivity index (χ2n) is 12.5. The number of allylic oxidation sites excluding steroid dienone is 11. The number of thioether (sulfide) groups is 1. The van der Waals surface area contributed by atoms with E-state index in [1.807, 2.05) is 53.0 Å². The zero-order valence-electron chi connectivity index (χ0n) is 29.9. The van der Waals surface area contributed by atoms with Gasteiger partial charge >= 0.3 is 5.97 Å². The Bertz CT molecular complexity index is 1270. The van der Waals surface area contributed by atoms with Gasteiger partial charge in [-0.1, -0.05) is 83.6 Å². The summed E-state index contributed by atoms with van der Waals surface area (Å²) in [5.41, 5.74) is 11.7. The van der Waals surface area contributed by atoms with Crippen LogP contribution < -0.4 is 5.73 Å². The van der Waals surface area contributed by atoms with Crippen molar-refractivity contribution in [1.82, 2.24) is 0 Å². The Hall–Kier alpha value is -2.86. The van der Waals surface area contributed by atoms with E-state index in [0.717, 1.165) is 40.8 Å². The number of hydrogen-bond acceptors (Lipinski definition) is 5. The summed E-state index contributed by atoms with van der Waals surface area (Å²) < 4.78 is 0. The van der Waals surface area contributed by atoms with Gasteiger partial charge in [-0.3, -0.25) is 9.59 Å². The van der Waals surface area contributed by atoms with Gasteiger partial charge in [0.25, 0.3) is 0 Å². The van der Waals surface area contributed by atoms with Gasteiger partial charge < -0.3 is 10.8 Å². The molecule has 0 aromatic rings. The minimum Gasteiger partial charge on any atom is -0.481 e. The molecule has 0 radical (unpaired) electrons. The van der Waals surface area contributed by atoms with Crippen molar-refractivity contribution in [2.45, 2.75) is 122 Å². The summed E-state index contributed by atoms with van der Waals surface area (Å²) >= 11 is 1.38. The number of carbonyl (C=O) groups is 2. The molecule has 1 atom stereocenters. The third-order valence-electron chi connectivity index (χ3n) is 8.17. The highest BCUT2D eigenvalue weighted by Crippen LogP contribution is 2.47. The lowest BCUT2D eigenvalue weighted by Crippen LogP contribution is -2.33. The smallest absolute Gasteiger partial charge is 0.309 e. The Kier molecular flexibility index (Phi) is 17.6. The number of hydrogen-bond donors (Lipinski definition) is 2. The molecule has 0 heterocycles. The summed E-state index contributed by atoms with van der Waals surface area (Å²) in [5.74, 6) is -0.186. The summed E-state index contributed by atoms with van der Waals surface area (Å²) in [6.07, 6.45) is 11.4. The number of aliphatic imine (C=N–C) groups is 1. The van der Waals surface area contributed by atoms with Crippen LogP contribution in [0, 0.1) is 16.7 Å². The Morgan fingerprint density at radius 1 is 1.00 bits per heavy atom. The number of carboxylic acids is 1. The van der Waals surface area contributed by atoms with E-state index in [-0.39, 0.29) is 5.78 Å². The molecule has 5 nitrogen and oxygen atoms in total. The molecule has 0 aromatic carbocycles. The van der Waals surface area contributed by atoms with E-state index in [4.69, 9.17) is 10.7 Å². The van der Waals surface area contributed by atoms with Gasteiger partial charge in [-0.2, -0.15) is 0 Å². The molecule has 0 unspecified atom stereocenters. The molecule has 246 valence electrons. The quantitative estimate of drug-likeness (QED) is 0.117. The number of carboxylic acid groups (broad SMARTS) is 1. The van der Waals surface area contributed by atoms with E-state index in [2.05, 4.69) is 59.4 Å². The van der Waals surface area contributed by atoms with E-state index in [0.29, 0.717) is 41.5 Å². The predicted molar refractivity (Wildman–Crippen MR) is 194 cm³/mol. The topological polar surface area (TPSA) is 92.8 Å². The van der Waals surface area contributed by atoms with E-state index in [1.165, 1.54) is 17.3 Å². The van der Waals surface area contributed by atoms with Crippen molar-refractivity contribution in [1.29, 1.82) is 0 Å². The Morgan fingerprint density at radius 2 is 1.57 bits per heavy atom. The van der Waals surface area contributed by atoms with Crippen LogP contribution in [0.15, 0.2) is 85.4 Å². The normalized spacial score (nSPS) is 16.6. The third-order valence-corrected chi connectivity index (χ3v) is 9.31. The number of ketones is 1. The average molecular weight is 625 g/mol. The molecule has 0 rings (SSSR count). The standard InChI is InChI=1S/C38H60N2O3S/c1-15-20-26(8)34(35(39)40-28(10)32(22-17-3)31(21-16-2)27(9)25(6)7)38(14,33(41)19-5)29(11)44-24-30(18-4)23-37(12,13)36(42)43/h16,20-22,24-25H,11,15,17-19,23,39H2,1-10,12-14H3,(H,42,43)/b21-16-,26-20+,30-24+,31-27-,32-22+,35-34+,40-28+/t38-/m1/s1. The van der Waals surface area contributed by atoms with Crippen LogP contribution in [0.2, 0.25) is 0 Å². The Balaban J connectivity index is 7.49. The number of nitrogens with two attached hydrogens (primary N) is 1. The summed E-state index contributed by atoms with van der Waals surface area (Å²) in [6, 6.07) is 0. The van der Waals surface area contributed by atoms with Crippen LogP contribution in [0.4, 0.5) is 0 Å². The van der Waals surface area contributed by atoms with E-state index >= 15 is 0 Å². The van der Waals surface area contributed by atoms with E-state index in [1.54, 1.807) is 13.8 Å². The van der Waals surface area contributed by atoms with Crippen molar-refractivity contribution in [2.75, 3.05) is 0 Å². The van der Waals surface area contributed by atoms with Gasteiger partial charge in [0.15, 0.2) is 0 Å². The van der Waals surface area contributed by atoms with Crippen molar-refractivity contribution < 1.29 is 14.7 Å². The highest BCUT2D eigenvalue weighted by atomic mass is 32.2. The SMILES string of the molecule is C=C(S/C=C(\CC)CC(C)(C)C(=O)O)[C@](C)(C(=O)CC)C(/C(C)=C/CC)=C(N)/N=C(C)/C(=C\CC)C(/C=C\C)=C(/C)C(C)C. The van der Waals surface area contributed by atoms with Crippen LogP contribution in [0.25, 0.3) is 0 Å². The molecule has 0 saturated carbocycles. The highest BCUT2D eigenvalue weighted by Gasteiger charge is 2.41. The van der Waals surface area contributed by atoms with Gasteiger partial charge in [0, 0.05) is 17.7 Å². The Morgan fingerprint density at radius 3 is 2.00 bits per heavy atom. The van der Waals surface area contributed by atoms with E-state index in [9.17, 15) is 14.7 Å². The molecular formula is C38H60N2O3S. The molecule has 0 aliphatic carbocycles. The maximum absolute atomic E-state index is 13.9. The lowest BCUT2D eigenvalue weighted by atomic mass is 9.73. The Labute approximate surface area is 273 Å². The fourth-order valence-electron chi connectivity index (χ4n) is 5.08. The first-order chi connectivity index (χ1) is 20.4. The molecule has 0 aliphatic heterocycles. The average Bonchev–Trinajstić information content (AvgIpc) is 2.95. The van der Waals surface area contributed by atoms with Gasteiger partial charge in [0.05, 0.1) is 10.8 Å². The zero-order valence-corrected chi connectivity index (χ0v) is 30.7. The van der Waals surface area contributed by atoms with Crippen LogP contribution in [0.1, 0.15) is 122 Å². The first-order valence-corrected chi connectivity index (χ1v) is 16.9. The lowest BCUT2D eigenvalue weighted by Gasteiger charge is -2.34. The monoisotopic (exact) mass is 624 g/mol. The van der Waals surface area contributed by atoms with Crippen molar-refractivity contribution in [2.24, 2.45) is 27.5 Å². The van der Waals surface area contributed by atoms with Gasteiger partial charge in [0.1, 0.15) is 11.6 Å². The summed E-state index contributed by atoms with van der Waals surface area (Å²) in [5, 5.41) is 11.6.